The summed E-state index contributed by atoms with van der Waals surface area (Å²) in [6, 6.07) is 4.40. The van der Waals surface area contributed by atoms with Crippen LogP contribution in [-0.2, 0) is 22.4 Å². The van der Waals surface area contributed by atoms with Crippen LogP contribution < -0.4 is 10.6 Å². The van der Waals surface area contributed by atoms with Gasteiger partial charge in [0.2, 0.25) is 0 Å². The second kappa shape index (κ2) is 8.02. The number of nitriles is 1. The molecule has 2 atom stereocenters. The van der Waals surface area contributed by atoms with Gasteiger partial charge in [-0.05, 0) is 42.9 Å². The molecule has 0 saturated carbocycles. The Labute approximate surface area is 173 Å². The minimum absolute atomic E-state index is 0.0340. The van der Waals surface area contributed by atoms with E-state index in [4.69, 9.17) is 4.42 Å². The molecule has 0 spiro atoms. The number of ether oxygens (including phenoxy) is 1. The van der Waals surface area contributed by atoms with E-state index in [0.717, 1.165) is 42.1 Å². The molecule has 2 N–H and O–H groups in total. The summed E-state index contributed by atoms with van der Waals surface area (Å²) in [5.74, 6) is -3.15. The van der Waals surface area contributed by atoms with Crippen molar-refractivity contribution in [1.82, 2.24) is 5.32 Å². The Morgan fingerprint density at radius 3 is 2.70 bits per heavy atom. The molecule has 2 aromatic rings. The van der Waals surface area contributed by atoms with Gasteiger partial charge in [0, 0.05) is 4.88 Å². The van der Waals surface area contributed by atoms with Gasteiger partial charge in [-0.25, -0.2) is 4.79 Å². The largest absolute Gasteiger partial charge is 0.466 e. The lowest BCUT2D eigenvalue weighted by Crippen LogP contribution is -2.69. The Bertz CT molecular complexity index is 994. The van der Waals surface area contributed by atoms with Crippen molar-refractivity contribution >= 4 is 28.2 Å². The Morgan fingerprint density at radius 2 is 2.13 bits per heavy atom. The van der Waals surface area contributed by atoms with Crippen LogP contribution in [0.1, 0.15) is 39.9 Å². The van der Waals surface area contributed by atoms with Crippen molar-refractivity contribution in [3.63, 3.8) is 0 Å². The van der Waals surface area contributed by atoms with Crippen LogP contribution in [0.2, 0.25) is 0 Å². The quantitative estimate of drug-likeness (QED) is 0.543. The molecule has 0 aromatic carbocycles. The molecule has 1 aliphatic rings. The minimum Gasteiger partial charge on any atom is -0.466 e. The first-order chi connectivity index (χ1) is 14.1. The van der Waals surface area contributed by atoms with E-state index in [1.807, 2.05) is 13.0 Å². The Morgan fingerprint density at radius 1 is 1.40 bits per heavy atom. The van der Waals surface area contributed by atoms with Crippen LogP contribution in [-0.4, -0.2) is 30.8 Å². The monoisotopic (exact) mass is 441 g/mol. The van der Waals surface area contributed by atoms with Gasteiger partial charge in [-0.15, -0.1) is 11.3 Å². The number of nitrogens with zero attached hydrogens (tertiary/aromatic N) is 1. The van der Waals surface area contributed by atoms with Crippen molar-refractivity contribution in [3.8, 4) is 6.07 Å². The van der Waals surface area contributed by atoms with Crippen LogP contribution in [0.4, 0.5) is 18.2 Å². The number of carbonyl (C=O) groups excluding carboxylic acids is 2. The molecule has 11 heteroatoms. The molecular weight excluding hydrogens is 423 g/mol. The lowest BCUT2D eigenvalue weighted by molar-refractivity contribution is -0.203. The van der Waals surface area contributed by atoms with Crippen molar-refractivity contribution in [2.24, 2.45) is 5.92 Å². The number of alkyl halides is 3. The van der Waals surface area contributed by atoms with Crippen molar-refractivity contribution < 1.29 is 31.9 Å². The van der Waals surface area contributed by atoms with E-state index in [9.17, 15) is 28.0 Å². The van der Waals surface area contributed by atoms with Crippen LogP contribution >= 0.6 is 11.3 Å². The van der Waals surface area contributed by atoms with E-state index < -0.39 is 29.5 Å². The van der Waals surface area contributed by atoms with E-state index in [0.29, 0.717) is 24.3 Å². The van der Waals surface area contributed by atoms with Crippen molar-refractivity contribution in [1.29, 1.82) is 5.26 Å². The van der Waals surface area contributed by atoms with Crippen LogP contribution in [0.5, 0.6) is 0 Å². The molecule has 0 aliphatic heterocycles. The predicted molar refractivity (Wildman–Crippen MR) is 101 cm³/mol. The van der Waals surface area contributed by atoms with Gasteiger partial charge < -0.3 is 19.8 Å². The number of esters is 1. The maximum Gasteiger partial charge on any atom is 0.441 e. The maximum atomic E-state index is 14.2. The number of anilines is 1. The number of hydrogen-bond acceptors (Lipinski definition) is 7. The van der Waals surface area contributed by atoms with E-state index in [1.54, 1.807) is 5.32 Å². The zero-order valence-electron chi connectivity index (χ0n) is 16.1. The first kappa shape index (κ1) is 21.7. The molecule has 7 nitrogen and oxygen atoms in total. The molecule has 0 radical (unpaired) electrons. The number of rotatable bonds is 5. The summed E-state index contributed by atoms with van der Waals surface area (Å²) in [7, 11) is 0.774. The van der Waals surface area contributed by atoms with Gasteiger partial charge in [0.25, 0.3) is 5.91 Å². The van der Waals surface area contributed by atoms with Crippen molar-refractivity contribution in [3.05, 3.63) is 40.2 Å². The number of hydrogen-bond donors (Lipinski definition) is 2. The number of methoxy groups -OCH3 is 1. The third-order valence-corrected chi connectivity index (χ3v) is 6.06. The average molecular weight is 441 g/mol. The molecule has 3 rings (SSSR count). The fraction of sp³-hybridized carbons (Fsp3) is 0.421. The van der Waals surface area contributed by atoms with Gasteiger partial charge in [0.05, 0.1) is 18.9 Å². The van der Waals surface area contributed by atoms with E-state index in [2.05, 4.69) is 10.1 Å². The normalized spacial score (nSPS) is 17.9. The lowest BCUT2D eigenvalue weighted by Gasteiger charge is -2.34. The van der Waals surface area contributed by atoms with Crippen LogP contribution in [0.15, 0.2) is 22.8 Å². The Balaban J connectivity index is 2.08. The first-order valence-corrected chi connectivity index (χ1v) is 9.78. The number of fused-ring (bicyclic) bond motifs is 1. The number of thiophene rings is 1. The highest BCUT2D eigenvalue weighted by molar-refractivity contribution is 7.16. The summed E-state index contributed by atoms with van der Waals surface area (Å²) >= 11 is 0.970. The number of nitrogens with one attached hydrogen (secondary N) is 2. The van der Waals surface area contributed by atoms with Gasteiger partial charge in [-0.2, -0.15) is 18.4 Å². The highest BCUT2D eigenvalue weighted by atomic mass is 32.1. The molecule has 0 fully saturated rings. The predicted octanol–water partition coefficient (Wildman–Crippen LogP) is 3.61. The second-order valence-corrected chi connectivity index (χ2v) is 8.07. The topological polar surface area (TPSA) is 104 Å². The van der Waals surface area contributed by atoms with Gasteiger partial charge >= 0.3 is 17.8 Å². The standard InChI is InChI=1S/C19H18F3N3O4S/c1-10-5-6-11-12(9-23)16(30-14(11)8-10)25-18(17(27)28-2,19(20,21)22)24-15(26)13-4-3-7-29-13/h3-4,7,10,25H,5-6,8H2,1-2H3,(H,24,26)/t10-,18-/m0/s1. The summed E-state index contributed by atoms with van der Waals surface area (Å²) in [6.07, 6.45) is -2.22. The lowest BCUT2D eigenvalue weighted by atomic mass is 9.88. The fourth-order valence-electron chi connectivity index (χ4n) is 3.31. The summed E-state index contributed by atoms with van der Waals surface area (Å²) < 4.78 is 51.8. The zero-order chi connectivity index (χ0) is 22.1. The molecule has 0 unspecified atom stereocenters. The highest BCUT2D eigenvalue weighted by Gasteiger charge is 2.64. The zero-order valence-corrected chi connectivity index (χ0v) is 16.9. The molecular formula is C19H18F3N3O4S. The average Bonchev–Trinajstić information content (AvgIpc) is 3.32. The third-order valence-electron chi connectivity index (χ3n) is 4.89. The summed E-state index contributed by atoms with van der Waals surface area (Å²) in [6.45, 7) is 2.01. The highest BCUT2D eigenvalue weighted by Crippen LogP contribution is 2.42. The van der Waals surface area contributed by atoms with Crippen molar-refractivity contribution in [2.45, 2.75) is 38.0 Å². The molecule has 1 aliphatic carbocycles. The van der Waals surface area contributed by atoms with Crippen LogP contribution in [0.3, 0.4) is 0 Å². The molecule has 160 valence electrons. The summed E-state index contributed by atoms with van der Waals surface area (Å²) in [5.41, 5.74) is -2.91. The van der Waals surface area contributed by atoms with Gasteiger partial charge in [0.1, 0.15) is 11.1 Å². The van der Waals surface area contributed by atoms with E-state index in [1.165, 1.54) is 6.07 Å². The van der Waals surface area contributed by atoms with Crippen LogP contribution in [0.25, 0.3) is 0 Å². The molecule has 2 heterocycles. The van der Waals surface area contributed by atoms with E-state index in [-0.39, 0.29) is 10.6 Å². The molecule has 0 saturated heterocycles. The SMILES string of the molecule is COC(=O)[C@](NC(=O)c1ccco1)(Nc1sc2c(c1C#N)CC[C@H](C)C2)C(F)(F)F. The molecule has 2 aromatic heterocycles. The number of halogens is 3. The summed E-state index contributed by atoms with van der Waals surface area (Å²) in [4.78, 5) is 25.5. The van der Waals surface area contributed by atoms with Crippen LogP contribution in [0, 0.1) is 17.2 Å². The Hall–Kier alpha value is -3.00. The Kier molecular flexibility index (Phi) is 5.81. The molecule has 0 bridgehead atoms. The minimum atomic E-state index is -5.30. The summed E-state index contributed by atoms with van der Waals surface area (Å²) in [5, 5.41) is 13.2. The molecule has 30 heavy (non-hydrogen) atoms. The fourth-order valence-corrected chi connectivity index (χ4v) is 4.73. The van der Waals surface area contributed by atoms with Crippen molar-refractivity contribution in [2.75, 3.05) is 12.4 Å². The maximum absolute atomic E-state index is 14.2. The third kappa shape index (κ3) is 3.75. The van der Waals surface area contributed by atoms with Gasteiger partial charge in [-0.3, -0.25) is 4.79 Å². The van der Waals surface area contributed by atoms with E-state index >= 15 is 0 Å². The second-order valence-electron chi connectivity index (χ2n) is 6.96. The van der Waals surface area contributed by atoms with Gasteiger partial charge in [0.15, 0.2) is 5.76 Å². The first-order valence-electron chi connectivity index (χ1n) is 8.97. The number of carbonyl (C=O) groups is 2. The van der Waals surface area contributed by atoms with Gasteiger partial charge in [-0.1, -0.05) is 6.92 Å². The number of amides is 1. The molecule has 1 amide bonds. The number of furan rings is 1. The smallest absolute Gasteiger partial charge is 0.441 e.